The van der Waals surface area contributed by atoms with Crippen molar-refractivity contribution in [2.45, 2.75) is 37.3 Å². The average Bonchev–Trinajstić information content (AvgIpc) is 2.98. The Labute approximate surface area is 154 Å². The lowest BCUT2D eigenvalue weighted by Crippen LogP contribution is -2.19. The van der Waals surface area contributed by atoms with Crippen LogP contribution in [0.4, 0.5) is 15.6 Å². The maximum atomic E-state index is 12.0. The summed E-state index contributed by atoms with van der Waals surface area (Å²) in [5.41, 5.74) is 2.96. The van der Waals surface area contributed by atoms with Crippen LogP contribution in [-0.2, 0) is 9.53 Å². The van der Waals surface area contributed by atoms with Crippen molar-refractivity contribution in [2.24, 2.45) is 0 Å². The standard InChI is InChI=1S/C16H20N4O3S2/c1-5-23-13(21)11(4)24-16-20-19-15(25-16)18-14(22)17-12-7-6-9(2)10(3)8-12/h6-8,11H,5H2,1-4H3,(H2,17,18,19,22)/t11-/m1/s1. The van der Waals surface area contributed by atoms with E-state index in [0.717, 1.165) is 11.1 Å². The molecule has 7 nitrogen and oxygen atoms in total. The summed E-state index contributed by atoms with van der Waals surface area (Å²) in [6.07, 6.45) is 0. The van der Waals surface area contributed by atoms with Gasteiger partial charge in [-0.25, -0.2) is 4.79 Å². The molecule has 0 radical (unpaired) electrons. The topological polar surface area (TPSA) is 93.2 Å². The second-order valence-corrected chi connectivity index (χ2v) is 7.83. The molecule has 1 aromatic carbocycles. The number of amides is 2. The Morgan fingerprint density at radius 3 is 2.68 bits per heavy atom. The van der Waals surface area contributed by atoms with Crippen molar-refractivity contribution >= 4 is 45.9 Å². The van der Waals surface area contributed by atoms with E-state index in [1.807, 2.05) is 32.0 Å². The number of aromatic nitrogens is 2. The lowest BCUT2D eigenvalue weighted by atomic mass is 10.1. The number of thioether (sulfide) groups is 1. The molecule has 1 heterocycles. The van der Waals surface area contributed by atoms with Crippen molar-refractivity contribution in [1.29, 1.82) is 0 Å². The minimum atomic E-state index is -0.394. The van der Waals surface area contributed by atoms with E-state index in [1.54, 1.807) is 13.8 Å². The number of nitrogens with one attached hydrogen (secondary N) is 2. The molecule has 9 heteroatoms. The van der Waals surface area contributed by atoms with Gasteiger partial charge < -0.3 is 10.1 Å². The Kier molecular flexibility index (Phi) is 6.77. The van der Waals surface area contributed by atoms with Crippen LogP contribution in [0, 0.1) is 13.8 Å². The molecule has 1 aromatic heterocycles. The molecule has 0 spiro atoms. The number of rotatable bonds is 6. The third-order valence-electron chi connectivity index (χ3n) is 3.29. The van der Waals surface area contributed by atoms with Crippen LogP contribution in [0.1, 0.15) is 25.0 Å². The number of hydrogen-bond donors (Lipinski definition) is 2. The van der Waals surface area contributed by atoms with Gasteiger partial charge in [-0.3, -0.25) is 10.1 Å². The normalized spacial score (nSPS) is 11.7. The average molecular weight is 380 g/mol. The lowest BCUT2D eigenvalue weighted by Gasteiger charge is -2.07. The van der Waals surface area contributed by atoms with Crippen LogP contribution in [0.25, 0.3) is 0 Å². The van der Waals surface area contributed by atoms with E-state index in [0.29, 0.717) is 21.8 Å². The first kappa shape index (κ1) is 19.2. The highest BCUT2D eigenvalue weighted by molar-refractivity contribution is 8.02. The molecule has 0 aliphatic heterocycles. The highest BCUT2D eigenvalue weighted by Gasteiger charge is 2.18. The second kappa shape index (κ2) is 8.82. The minimum absolute atomic E-state index is 0.301. The molecule has 2 aromatic rings. The number of benzene rings is 1. The van der Waals surface area contributed by atoms with Crippen molar-refractivity contribution in [2.75, 3.05) is 17.2 Å². The van der Waals surface area contributed by atoms with Gasteiger partial charge >= 0.3 is 12.0 Å². The molecular formula is C16H20N4O3S2. The fourth-order valence-electron chi connectivity index (χ4n) is 1.85. The molecule has 0 saturated carbocycles. The van der Waals surface area contributed by atoms with Gasteiger partial charge in [0.1, 0.15) is 5.25 Å². The largest absolute Gasteiger partial charge is 0.465 e. The van der Waals surface area contributed by atoms with E-state index in [-0.39, 0.29) is 11.2 Å². The van der Waals surface area contributed by atoms with Crippen LogP contribution in [0.15, 0.2) is 22.5 Å². The number of ether oxygens (including phenoxy) is 1. The molecule has 0 saturated heterocycles. The highest BCUT2D eigenvalue weighted by Crippen LogP contribution is 2.29. The van der Waals surface area contributed by atoms with Crippen molar-refractivity contribution < 1.29 is 14.3 Å². The predicted octanol–water partition coefficient (Wildman–Crippen LogP) is 3.84. The second-order valence-electron chi connectivity index (χ2n) is 5.26. The molecule has 2 rings (SSSR count). The van der Waals surface area contributed by atoms with Crippen LogP contribution < -0.4 is 10.6 Å². The van der Waals surface area contributed by atoms with Gasteiger partial charge in [0.25, 0.3) is 0 Å². The summed E-state index contributed by atoms with van der Waals surface area (Å²) in [6.45, 7) is 7.83. The minimum Gasteiger partial charge on any atom is -0.465 e. The number of urea groups is 1. The third-order valence-corrected chi connectivity index (χ3v) is 5.29. The zero-order chi connectivity index (χ0) is 18.4. The van der Waals surface area contributed by atoms with Gasteiger partial charge in [-0.15, -0.1) is 10.2 Å². The Morgan fingerprint density at radius 1 is 1.24 bits per heavy atom. The monoisotopic (exact) mass is 380 g/mol. The quantitative estimate of drug-likeness (QED) is 0.449. The summed E-state index contributed by atoms with van der Waals surface area (Å²) in [5.74, 6) is -0.301. The first-order valence-electron chi connectivity index (χ1n) is 7.71. The SMILES string of the molecule is CCOC(=O)[C@@H](C)Sc1nnc(NC(=O)Nc2ccc(C)c(C)c2)s1. The number of esters is 1. The molecule has 1 atom stereocenters. The van der Waals surface area contributed by atoms with Crippen LogP contribution in [0.3, 0.4) is 0 Å². The molecule has 0 aliphatic rings. The summed E-state index contributed by atoms with van der Waals surface area (Å²) in [5, 5.41) is 13.2. The van der Waals surface area contributed by atoms with Crippen LogP contribution in [0.5, 0.6) is 0 Å². The highest BCUT2D eigenvalue weighted by atomic mass is 32.2. The molecule has 0 aliphatic carbocycles. The van der Waals surface area contributed by atoms with Gasteiger partial charge in [-0.05, 0) is 51.0 Å². The van der Waals surface area contributed by atoms with E-state index in [2.05, 4.69) is 20.8 Å². The molecule has 0 unspecified atom stereocenters. The van der Waals surface area contributed by atoms with Gasteiger partial charge in [-0.1, -0.05) is 29.2 Å². The zero-order valence-electron chi connectivity index (χ0n) is 14.5. The Bertz CT molecular complexity index is 764. The first-order valence-corrected chi connectivity index (χ1v) is 9.40. The zero-order valence-corrected chi connectivity index (χ0v) is 16.1. The van der Waals surface area contributed by atoms with E-state index in [4.69, 9.17) is 4.74 Å². The Balaban J connectivity index is 1.90. The fourth-order valence-corrected chi connectivity index (χ4v) is 3.73. The smallest absolute Gasteiger partial charge is 0.325 e. The Hall–Kier alpha value is -2.13. The van der Waals surface area contributed by atoms with Gasteiger partial charge in [0.2, 0.25) is 5.13 Å². The predicted molar refractivity (Wildman–Crippen MR) is 100 cm³/mol. The van der Waals surface area contributed by atoms with Gasteiger partial charge in [0.15, 0.2) is 4.34 Å². The summed E-state index contributed by atoms with van der Waals surface area (Å²) in [7, 11) is 0. The number of aryl methyl sites for hydroxylation is 2. The molecule has 2 amide bonds. The summed E-state index contributed by atoms with van der Waals surface area (Å²) in [4.78, 5) is 23.7. The maximum absolute atomic E-state index is 12.0. The fraction of sp³-hybridized carbons (Fsp3) is 0.375. The lowest BCUT2D eigenvalue weighted by molar-refractivity contribution is -0.142. The number of nitrogens with zero attached hydrogens (tertiary/aromatic N) is 2. The van der Waals surface area contributed by atoms with Crippen LogP contribution >= 0.6 is 23.1 Å². The van der Waals surface area contributed by atoms with E-state index in [1.165, 1.54) is 23.1 Å². The van der Waals surface area contributed by atoms with Gasteiger partial charge in [0.05, 0.1) is 6.61 Å². The molecule has 2 N–H and O–H groups in total. The van der Waals surface area contributed by atoms with E-state index in [9.17, 15) is 9.59 Å². The number of anilines is 2. The van der Waals surface area contributed by atoms with Crippen molar-refractivity contribution in [1.82, 2.24) is 10.2 Å². The number of carbonyl (C=O) groups is 2. The first-order chi connectivity index (χ1) is 11.9. The van der Waals surface area contributed by atoms with E-state index < -0.39 is 6.03 Å². The molecule has 0 fully saturated rings. The molecular weight excluding hydrogens is 360 g/mol. The van der Waals surface area contributed by atoms with Crippen molar-refractivity contribution in [3.8, 4) is 0 Å². The summed E-state index contributed by atoms with van der Waals surface area (Å²) in [6, 6.07) is 5.29. The maximum Gasteiger partial charge on any atom is 0.325 e. The molecule has 25 heavy (non-hydrogen) atoms. The van der Waals surface area contributed by atoms with E-state index >= 15 is 0 Å². The van der Waals surface area contributed by atoms with Crippen LogP contribution in [-0.4, -0.2) is 34.1 Å². The summed E-state index contributed by atoms with van der Waals surface area (Å²) < 4.78 is 5.53. The Morgan fingerprint density at radius 2 is 2.00 bits per heavy atom. The number of hydrogen-bond acceptors (Lipinski definition) is 7. The van der Waals surface area contributed by atoms with Gasteiger partial charge in [-0.2, -0.15) is 0 Å². The van der Waals surface area contributed by atoms with Crippen molar-refractivity contribution in [3.63, 3.8) is 0 Å². The number of carbonyl (C=O) groups excluding carboxylic acids is 2. The van der Waals surface area contributed by atoms with Crippen LogP contribution in [0.2, 0.25) is 0 Å². The van der Waals surface area contributed by atoms with Gasteiger partial charge in [0, 0.05) is 5.69 Å². The third kappa shape index (κ3) is 5.71. The summed E-state index contributed by atoms with van der Waals surface area (Å²) >= 11 is 2.45. The van der Waals surface area contributed by atoms with Crippen molar-refractivity contribution in [3.05, 3.63) is 29.3 Å². The molecule has 0 bridgehead atoms. The molecule has 134 valence electrons.